The topological polar surface area (TPSA) is 128 Å². The predicted octanol–water partition coefficient (Wildman–Crippen LogP) is 5.33. The van der Waals surface area contributed by atoms with Gasteiger partial charge in [0.2, 0.25) is 0 Å². The molecule has 4 amide bonds. The first-order valence-corrected chi connectivity index (χ1v) is 17.1. The highest BCUT2D eigenvalue weighted by atomic mass is 16.3. The maximum Gasteiger partial charge on any atom is 0.262 e. The van der Waals surface area contributed by atoms with Crippen molar-refractivity contribution in [2.75, 3.05) is 6.61 Å². The zero-order valence-corrected chi connectivity index (χ0v) is 28.8. The van der Waals surface area contributed by atoms with Gasteiger partial charge in [-0.1, -0.05) is 37.3 Å². The number of hydrogen-bond donors (Lipinski definition) is 2. The Balaban J connectivity index is 1.19. The van der Waals surface area contributed by atoms with Crippen molar-refractivity contribution in [1.29, 1.82) is 0 Å². The molecule has 0 saturated carbocycles. The van der Waals surface area contributed by atoms with Crippen LogP contribution in [0, 0.1) is 0 Å². The highest BCUT2D eigenvalue weighted by molar-refractivity contribution is 6.27. The van der Waals surface area contributed by atoms with E-state index in [1.165, 1.54) is 9.80 Å². The normalized spacial score (nSPS) is 16.3. The average Bonchev–Trinajstić information content (AvgIpc) is 3.64. The summed E-state index contributed by atoms with van der Waals surface area (Å²) in [6.45, 7) is 9.55. The Morgan fingerprint density at radius 1 is 0.760 bits per heavy atom. The van der Waals surface area contributed by atoms with E-state index in [0.29, 0.717) is 45.9 Å². The molecule has 2 aliphatic rings. The Labute approximate surface area is 290 Å². The summed E-state index contributed by atoms with van der Waals surface area (Å²) >= 11 is 0. The lowest BCUT2D eigenvalue weighted by Crippen LogP contribution is -2.64. The number of imidazole rings is 1. The van der Waals surface area contributed by atoms with Gasteiger partial charge in [0.05, 0.1) is 30.5 Å². The van der Waals surface area contributed by atoms with Crippen molar-refractivity contribution in [2.45, 2.75) is 72.0 Å². The van der Waals surface area contributed by atoms with Crippen molar-refractivity contribution < 1.29 is 24.3 Å². The van der Waals surface area contributed by atoms with Crippen molar-refractivity contribution >= 4 is 45.2 Å². The van der Waals surface area contributed by atoms with Gasteiger partial charge in [0.25, 0.3) is 23.6 Å². The van der Waals surface area contributed by atoms with E-state index >= 15 is 0 Å². The highest BCUT2D eigenvalue weighted by Gasteiger charge is 2.42. The van der Waals surface area contributed by atoms with Gasteiger partial charge >= 0.3 is 0 Å². The van der Waals surface area contributed by atoms with Crippen LogP contribution in [-0.4, -0.2) is 84.1 Å². The van der Waals surface area contributed by atoms with Crippen LogP contribution < -0.4 is 5.32 Å². The number of aromatic nitrogens is 2. The summed E-state index contributed by atoms with van der Waals surface area (Å²) in [7, 11) is 0. The Hall–Kier alpha value is -5.23. The van der Waals surface area contributed by atoms with E-state index in [-0.39, 0.29) is 24.5 Å². The van der Waals surface area contributed by atoms with Gasteiger partial charge < -0.3 is 9.67 Å². The van der Waals surface area contributed by atoms with Crippen molar-refractivity contribution in [3.8, 4) is 5.69 Å². The number of carbonyl (C=O) groups excluding carboxylic acids is 4. The van der Waals surface area contributed by atoms with Gasteiger partial charge in [-0.2, -0.15) is 0 Å². The van der Waals surface area contributed by atoms with Gasteiger partial charge in [-0.25, -0.2) is 4.98 Å². The standard InChI is InChI=1S/C39H40N6O5/c1-6-33(41-23(4)44-36(47)28-11-7-9-26-25(17-20-46)13-14-30(34(26)28)37(44)48)43(22(2)3)24(5)45-38(49)29-12-8-10-27-32(42-19-18-40-21-42)16-15-31(35(27)29)39(45)50/h7-16,18-19,21-24,33,41,46H,6,17,20H2,1-5H3. The van der Waals surface area contributed by atoms with Crippen LogP contribution in [0.5, 0.6) is 0 Å². The molecule has 2 N–H and O–H groups in total. The average molecular weight is 673 g/mol. The molecule has 0 fully saturated rings. The number of nitrogens with zero attached hydrogens (tertiary/aromatic N) is 5. The van der Waals surface area contributed by atoms with E-state index in [1.54, 1.807) is 49.8 Å². The third-order valence-electron chi connectivity index (χ3n) is 10.1. The van der Waals surface area contributed by atoms with Gasteiger partial charge in [-0.05, 0) is 81.8 Å². The summed E-state index contributed by atoms with van der Waals surface area (Å²) in [5.74, 6) is -1.59. The summed E-state index contributed by atoms with van der Waals surface area (Å²) in [5, 5.41) is 15.9. The number of nitrogens with one attached hydrogen (secondary N) is 1. The van der Waals surface area contributed by atoms with Gasteiger partial charge in [0.15, 0.2) is 0 Å². The predicted molar refractivity (Wildman–Crippen MR) is 190 cm³/mol. The molecule has 0 spiro atoms. The molecule has 3 heterocycles. The van der Waals surface area contributed by atoms with Gasteiger partial charge in [0.1, 0.15) is 0 Å². The van der Waals surface area contributed by atoms with Gasteiger partial charge in [0, 0.05) is 63.5 Å². The van der Waals surface area contributed by atoms with Crippen LogP contribution in [0.25, 0.3) is 27.2 Å². The van der Waals surface area contributed by atoms with Crippen LogP contribution in [0.3, 0.4) is 0 Å². The molecule has 0 saturated heterocycles. The summed E-state index contributed by atoms with van der Waals surface area (Å²) in [5.41, 5.74) is 3.46. The van der Waals surface area contributed by atoms with E-state index in [0.717, 1.165) is 22.0 Å². The molecule has 4 aromatic carbocycles. The minimum Gasteiger partial charge on any atom is -0.396 e. The molecular weight excluding hydrogens is 632 g/mol. The molecule has 50 heavy (non-hydrogen) atoms. The molecule has 256 valence electrons. The monoisotopic (exact) mass is 672 g/mol. The maximum atomic E-state index is 14.2. The highest BCUT2D eigenvalue weighted by Crippen LogP contribution is 2.36. The number of rotatable bonds is 11. The van der Waals surface area contributed by atoms with Crippen molar-refractivity contribution in [1.82, 2.24) is 29.6 Å². The lowest BCUT2D eigenvalue weighted by atomic mass is 9.90. The fraction of sp³-hybridized carbons (Fsp3) is 0.308. The number of imide groups is 2. The molecule has 5 aromatic rings. The molecule has 11 heteroatoms. The smallest absolute Gasteiger partial charge is 0.262 e. The number of aliphatic hydroxyl groups is 1. The summed E-state index contributed by atoms with van der Waals surface area (Å²) in [4.78, 5) is 65.2. The van der Waals surface area contributed by atoms with Gasteiger partial charge in [-0.15, -0.1) is 0 Å². The van der Waals surface area contributed by atoms with Crippen LogP contribution in [0.15, 0.2) is 79.4 Å². The van der Waals surface area contributed by atoms with Crippen molar-refractivity contribution in [3.63, 3.8) is 0 Å². The lowest BCUT2D eigenvalue weighted by Gasteiger charge is -2.46. The zero-order valence-electron chi connectivity index (χ0n) is 28.8. The van der Waals surface area contributed by atoms with Crippen molar-refractivity contribution in [3.05, 3.63) is 107 Å². The zero-order chi connectivity index (χ0) is 35.4. The number of benzene rings is 4. The molecule has 7 rings (SSSR count). The molecule has 0 radical (unpaired) electrons. The Bertz CT molecular complexity index is 2130. The first-order valence-electron chi connectivity index (χ1n) is 17.1. The van der Waals surface area contributed by atoms with Crippen LogP contribution in [0.4, 0.5) is 0 Å². The fourth-order valence-electron chi connectivity index (χ4n) is 7.88. The largest absolute Gasteiger partial charge is 0.396 e. The van der Waals surface area contributed by atoms with Crippen LogP contribution in [0.2, 0.25) is 0 Å². The van der Waals surface area contributed by atoms with E-state index in [1.807, 2.05) is 73.7 Å². The minimum absolute atomic E-state index is 0.0408. The number of hydrogen-bond acceptors (Lipinski definition) is 8. The number of amides is 4. The molecule has 3 unspecified atom stereocenters. The number of carbonyl (C=O) groups is 4. The molecule has 0 bridgehead atoms. The second-order valence-electron chi connectivity index (χ2n) is 13.2. The Morgan fingerprint density at radius 2 is 1.34 bits per heavy atom. The second kappa shape index (κ2) is 12.9. The van der Waals surface area contributed by atoms with Crippen LogP contribution in [0.1, 0.15) is 88.0 Å². The maximum absolute atomic E-state index is 14.2. The Morgan fingerprint density at radius 3 is 1.92 bits per heavy atom. The van der Waals surface area contributed by atoms with Gasteiger partial charge in [-0.3, -0.25) is 39.2 Å². The summed E-state index contributed by atoms with van der Waals surface area (Å²) in [6.07, 6.45) is 4.33. The van der Waals surface area contributed by atoms with Crippen LogP contribution >= 0.6 is 0 Å². The lowest BCUT2D eigenvalue weighted by molar-refractivity contribution is -0.00987. The SMILES string of the molecule is CCC(NC(C)N1C(=O)c2cccc3c(CCO)ccc(c23)C1=O)N(C(C)C)C(C)N1C(=O)c2cccc3c(-n4ccnc4)ccc(c23)C1=O. The van der Waals surface area contributed by atoms with E-state index < -0.39 is 30.3 Å². The molecule has 0 aliphatic carbocycles. The first-order chi connectivity index (χ1) is 24.1. The van der Waals surface area contributed by atoms with E-state index in [9.17, 15) is 24.3 Å². The van der Waals surface area contributed by atoms with E-state index in [2.05, 4.69) is 10.3 Å². The molecule has 11 nitrogen and oxygen atoms in total. The van der Waals surface area contributed by atoms with E-state index in [4.69, 9.17) is 0 Å². The molecular formula is C39H40N6O5. The Kier molecular flexibility index (Phi) is 8.59. The summed E-state index contributed by atoms with van der Waals surface area (Å²) < 4.78 is 1.86. The molecule has 2 aliphatic heterocycles. The van der Waals surface area contributed by atoms with Crippen LogP contribution in [-0.2, 0) is 6.42 Å². The molecule has 3 atom stereocenters. The summed E-state index contributed by atoms with van der Waals surface area (Å²) in [6, 6.07) is 18.0. The molecule has 1 aromatic heterocycles. The minimum atomic E-state index is -0.724. The fourth-order valence-corrected chi connectivity index (χ4v) is 7.88. The quantitative estimate of drug-likeness (QED) is 0.142. The third kappa shape index (κ3) is 5.12. The second-order valence-corrected chi connectivity index (χ2v) is 13.2. The third-order valence-corrected chi connectivity index (χ3v) is 10.1. The number of aliphatic hydroxyl groups excluding tert-OH is 1. The van der Waals surface area contributed by atoms with Crippen molar-refractivity contribution in [2.24, 2.45) is 0 Å². The first kappa shape index (κ1) is 33.3.